The van der Waals surface area contributed by atoms with E-state index >= 15 is 0 Å². The van der Waals surface area contributed by atoms with E-state index < -0.39 is 0 Å². The van der Waals surface area contributed by atoms with E-state index in [-0.39, 0.29) is 5.63 Å². The predicted molar refractivity (Wildman–Crippen MR) is 79.6 cm³/mol. The molecule has 1 aliphatic heterocycles. The molecule has 2 heterocycles. The van der Waals surface area contributed by atoms with Crippen LogP contribution in [0.25, 0.3) is 5.57 Å². The van der Waals surface area contributed by atoms with Gasteiger partial charge in [0.25, 0.3) is 0 Å². The Morgan fingerprint density at radius 1 is 1.24 bits per heavy atom. The van der Waals surface area contributed by atoms with Gasteiger partial charge in [-0.25, -0.2) is 4.79 Å². The van der Waals surface area contributed by atoms with Gasteiger partial charge >= 0.3 is 5.63 Å². The molecule has 0 aliphatic carbocycles. The van der Waals surface area contributed by atoms with E-state index in [4.69, 9.17) is 13.9 Å². The highest BCUT2D eigenvalue weighted by molar-refractivity contribution is 5.70. The van der Waals surface area contributed by atoms with Gasteiger partial charge in [0, 0.05) is 18.1 Å². The fraction of sp³-hybridized carbons (Fsp3) is 0.235. The van der Waals surface area contributed by atoms with Crippen LogP contribution >= 0.6 is 0 Å². The highest BCUT2D eigenvalue weighted by atomic mass is 16.5. The fourth-order valence-electron chi connectivity index (χ4n) is 2.32. The van der Waals surface area contributed by atoms with Crippen LogP contribution in [0.4, 0.5) is 0 Å². The van der Waals surface area contributed by atoms with Gasteiger partial charge in [-0.3, -0.25) is 0 Å². The van der Waals surface area contributed by atoms with Crippen molar-refractivity contribution in [3.8, 4) is 11.5 Å². The molecule has 0 amide bonds. The largest absolute Gasteiger partial charge is 0.492 e. The molecule has 108 valence electrons. The molecule has 1 aromatic carbocycles. The smallest absolute Gasteiger partial charge is 0.347 e. The minimum atomic E-state index is -0.385. The molecule has 0 N–H and O–H groups in total. The Morgan fingerprint density at radius 2 is 2.05 bits per heavy atom. The highest BCUT2D eigenvalue weighted by Crippen LogP contribution is 2.31. The van der Waals surface area contributed by atoms with Crippen molar-refractivity contribution in [2.45, 2.75) is 20.3 Å². The maximum atomic E-state index is 12.0. The Morgan fingerprint density at radius 3 is 2.86 bits per heavy atom. The number of benzene rings is 1. The zero-order chi connectivity index (χ0) is 14.8. The van der Waals surface area contributed by atoms with E-state index in [1.165, 1.54) is 0 Å². The van der Waals surface area contributed by atoms with Crippen LogP contribution in [-0.4, -0.2) is 6.61 Å². The molecule has 0 radical (unpaired) electrons. The molecule has 1 aromatic heterocycles. The number of aryl methyl sites for hydroxylation is 2. The van der Waals surface area contributed by atoms with Gasteiger partial charge in [0.2, 0.25) is 0 Å². The first-order valence-electron chi connectivity index (χ1n) is 6.84. The maximum Gasteiger partial charge on any atom is 0.347 e. The van der Waals surface area contributed by atoms with Crippen LogP contribution in [0.1, 0.15) is 23.3 Å². The lowest BCUT2D eigenvalue weighted by Crippen LogP contribution is -2.17. The molecule has 0 saturated carbocycles. The van der Waals surface area contributed by atoms with E-state index in [1.807, 2.05) is 31.2 Å². The van der Waals surface area contributed by atoms with Gasteiger partial charge < -0.3 is 13.9 Å². The minimum Gasteiger partial charge on any atom is -0.492 e. The lowest BCUT2D eigenvalue weighted by Gasteiger charge is -2.18. The van der Waals surface area contributed by atoms with Crippen LogP contribution < -0.4 is 15.1 Å². The van der Waals surface area contributed by atoms with Crippen molar-refractivity contribution in [3.05, 3.63) is 63.9 Å². The van der Waals surface area contributed by atoms with Crippen molar-refractivity contribution in [2.24, 2.45) is 0 Å². The average molecular weight is 284 g/mol. The Hall–Kier alpha value is -2.49. The van der Waals surface area contributed by atoms with Gasteiger partial charge in [-0.15, -0.1) is 0 Å². The summed E-state index contributed by atoms with van der Waals surface area (Å²) in [6.07, 6.45) is 2.24. The minimum absolute atomic E-state index is 0.385. The van der Waals surface area contributed by atoms with E-state index in [2.05, 4.69) is 0 Å². The monoisotopic (exact) mass is 284 g/mol. The van der Waals surface area contributed by atoms with E-state index in [0.29, 0.717) is 30.1 Å². The van der Waals surface area contributed by atoms with Gasteiger partial charge in [0.1, 0.15) is 22.8 Å². The number of fused-ring (bicyclic) bond motifs is 1. The number of rotatable bonds is 2. The molecule has 0 spiro atoms. The summed E-state index contributed by atoms with van der Waals surface area (Å²) in [7, 11) is 0. The molecular weight excluding hydrogens is 268 g/mol. The van der Waals surface area contributed by atoms with Gasteiger partial charge in [-0.2, -0.15) is 0 Å². The van der Waals surface area contributed by atoms with Gasteiger partial charge in [0.15, 0.2) is 0 Å². The topological polar surface area (TPSA) is 48.7 Å². The second kappa shape index (κ2) is 5.48. The standard InChI is InChI=1S/C17H16O4/c1-11-5-3-4-6-14(11)20-10-13-7-8-19-15-9-12(2)21-17(18)16(13)15/h3-6,9-10H,7-8H2,1-2H3/b13-10+. The molecule has 0 saturated heterocycles. The Bertz CT molecular complexity index is 756. The van der Waals surface area contributed by atoms with Crippen LogP contribution in [0, 0.1) is 13.8 Å². The molecule has 2 aromatic rings. The summed E-state index contributed by atoms with van der Waals surface area (Å²) in [6.45, 7) is 4.23. The van der Waals surface area contributed by atoms with Gasteiger partial charge in [-0.1, -0.05) is 18.2 Å². The van der Waals surface area contributed by atoms with Crippen molar-refractivity contribution in [1.82, 2.24) is 0 Å². The highest BCUT2D eigenvalue weighted by Gasteiger charge is 2.21. The summed E-state index contributed by atoms with van der Waals surface area (Å²) in [6, 6.07) is 9.47. The molecule has 21 heavy (non-hydrogen) atoms. The molecule has 3 rings (SSSR count). The second-order valence-corrected chi connectivity index (χ2v) is 5.01. The third-order valence-electron chi connectivity index (χ3n) is 3.41. The zero-order valence-corrected chi connectivity index (χ0v) is 12.0. The van der Waals surface area contributed by atoms with Crippen molar-refractivity contribution >= 4 is 5.57 Å². The third-order valence-corrected chi connectivity index (χ3v) is 3.41. The lowest BCUT2D eigenvalue weighted by atomic mass is 10.0. The third kappa shape index (κ3) is 2.70. The summed E-state index contributed by atoms with van der Waals surface area (Å²) >= 11 is 0. The maximum absolute atomic E-state index is 12.0. The number of hydrogen-bond acceptors (Lipinski definition) is 4. The number of ether oxygens (including phenoxy) is 2. The van der Waals surface area contributed by atoms with Crippen molar-refractivity contribution in [2.75, 3.05) is 6.61 Å². The van der Waals surface area contributed by atoms with E-state index in [0.717, 1.165) is 16.9 Å². The SMILES string of the molecule is Cc1cc2c(c(=O)o1)/C(=C/Oc1ccccc1C)CCO2. The Labute approximate surface area is 122 Å². The fourth-order valence-corrected chi connectivity index (χ4v) is 2.32. The molecule has 0 atom stereocenters. The van der Waals surface area contributed by atoms with Crippen molar-refractivity contribution < 1.29 is 13.9 Å². The molecular formula is C17H16O4. The van der Waals surface area contributed by atoms with Crippen LogP contribution in [-0.2, 0) is 0 Å². The molecule has 0 bridgehead atoms. The van der Waals surface area contributed by atoms with E-state index in [9.17, 15) is 4.79 Å². The Kier molecular flexibility index (Phi) is 3.52. The van der Waals surface area contributed by atoms with E-state index in [1.54, 1.807) is 19.3 Å². The summed E-state index contributed by atoms with van der Waals surface area (Å²) < 4.78 is 16.4. The molecule has 4 nitrogen and oxygen atoms in total. The molecule has 0 fully saturated rings. The first kappa shape index (κ1) is 13.5. The van der Waals surface area contributed by atoms with Crippen LogP contribution in [0.3, 0.4) is 0 Å². The van der Waals surface area contributed by atoms with Crippen LogP contribution in [0.5, 0.6) is 11.5 Å². The lowest BCUT2D eigenvalue weighted by molar-refractivity contribution is 0.306. The zero-order valence-electron chi connectivity index (χ0n) is 12.0. The van der Waals surface area contributed by atoms with Gasteiger partial charge in [-0.05, 0) is 25.5 Å². The van der Waals surface area contributed by atoms with Crippen molar-refractivity contribution in [3.63, 3.8) is 0 Å². The molecule has 4 heteroatoms. The predicted octanol–water partition coefficient (Wildman–Crippen LogP) is 3.46. The first-order chi connectivity index (χ1) is 10.1. The normalized spacial score (nSPS) is 15.4. The van der Waals surface area contributed by atoms with Crippen LogP contribution in [0.2, 0.25) is 0 Å². The summed E-state index contributed by atoms with van der Waals surface area (Å²) in [5.41, 5.74) is 1.91. The molecule has 1 aliphatic rings. The number of para-hydroxylation sites is 1. The van der Waals surface area contributed by atoms with Gasteiger partial charge in [0.05, 0.1) is 12.9 Å². The number of hydrogen-bond donors (Lipinski definition) is 0. The summed E-state index contributed by atoms with van der Waals surface area (Å²) in [5.74, 6) is 1.88. The first-order valence-corrected chi connectivity index (χ1v) is 6.84. The summed E-state index contributed by atoms with van der Waals surface area (Å²) in [4.78, 5) is 12.0. The molecule has 0 unspecified atom stereocenters. The Balaban J connectivity index is 1.97. The summed E-state index contributed by atoms with van der Waals surface area (Å²) in [5, 5.41) is 0. The average Bonchev–Trinajstić information content (AvgIpc) is 2.45. The van der Waals surface area contributed by atoms with Crippen molar-refractivity contribution in [1.29, 1.82) is 0 Å². The second-order valence-electron chi connectivity index (χ2n) is 5.01. The quantitative estimate of drug-likeness (QED) is 0.792. The van der Waals surface area contributed by atoms with Crippen LogP contribution in [0.15, 0.2) is 45.8 Å².